The van der Waals surface area contributed by atoms with Gasteiger partial charge in [0.25, 0.3) is 0 Å². The van der Waals surface area contributed by atoms with Crippen LogP contribution in [0.1, 0.15) is 5.56 Å². The molecular weight excluding hydrogens is 439 g/mol. The van der Waals surface area contributed by atoms with Crippen LogP contribution < -0.4 is 9.47 Å². The Morgan fingerprint density at radius 3 is 2.58 bits per heavy atom. The zero-order chi connectivity index (χ0) is 21.2. The number of hydrogen-bond donors (Lipinski definition) is 0. The van der Waals surface area contributed by atoms with Crippen LogP contribution in [0.15, 0.2) is 66.1 Å². The fourth-order valence-corrected chi connectivity index (χ4v) is 4.44. The summed E-state index contributed by atoms with van der Waals surface area (Å²) in [6.07, 6.45) is 3.39. The monoisotopic (exact) mass is 454 g/mol. The molecule has 0 amide bonds. The first-order chi connectivity index (χ1) is 15.2. The average Bonchev–Trinajstić information content (AvgIpc) is 3.23. The summed E-state index contributed by atoms with van der Waals surface area (Å²) in [7, 11) is 0. The molecule has 4 aromatic rings. The first kappa shape index (κ1) is 19.8. The molecule has 0 unspecified atom stereocenters. The van der Waals surface area contributed by atoms with E-state index in [4.69, 9.17) is 21.1 Å². The molecule has 9 heteroatoms. The molecule has 0 atom stereocenters. The van der Waals surface area contributed by atoms with Gasteiger partial charge < -0.3 is 9.47 Å². The number of thioether (sulfide) groups is 1. The van der Waals surface area contributed by atoms with Gasteiger partial charge in [-0.15, -0.1) is 10.2 Å². The van der Waals surface area contributed by atoms with E-state index in [0.29, 0.717) is 46.5 Å². The Labute approximate surface area is 187 Å². The quantitative estimate of drug-likeness (QED) is 0.387. The molecule has 0 aliphatic carbocycles. The number of halogens is 2. The number of hydrogen-bond acceptors (Lipinski definition) is 6. The van der Waals surface area contributed by atoms with Crippen LogP contribution in [0.3, 0.4) is 0 Å². The van der Waals surface area contributed by atoms with Gasteiger partial charge in [0.05, 0.1) is 5.02 Å². The predicted molar refractivity (Wildman–Crippen MR) is 117 cm³/mol. The van der Waals surface area contributed by atoms with E-state index in [0.717, 1.165) is 16.8 Å². The van der Waals surface area contributed by atoms with Gasteiger partial charge in [0.2, 0.25) is 0 Å². The molecule has 0 radical (unpaired) electrons. The highest BCUT2D eigenvalue weighted by Crippen LogP contribution is 2.40. The fourth-order valence-electron chi connectivity index (χ4n) is 3.27. The van der Waals surface area contributed by atoms with Crippen LogP contribution in [0.4, 0.5) is 4.39 Å². The number of pyridine rings is 1. The van der Waals surface area contributed by atoms with Crippen molar-refractivity contribution in [1.29, 1.82) is 0 Å². The maximum atomic E-state index is 13.5. The van der Waals surface area contributed by atoms with E-state index in [2.05, 4.69) is 15.2 Å². The van der Waals surface area contributed by atoms with Crippen LogP contribution in [0.2, 0.25) is 5.02 Å². The summed E-state index contributed by atoms with van der Waals surface area (Å²) in [4.78, 5) is 4.06. The van der Waals surface area contributed by atoms with Gasteiger partial charge in [0, 0.05) is 29.4 Å². The molecule has 5 rings (SSSR count). The number of aromatic nitrogens is 4. The summed E-state index contributed by atoms with van der Waals surface area (Å²) in [6.45, 7) is 0.980. The Bertz CT molecular complexity index is 1220. The summed E-state index contributed by atoms with van der Waals surface area (Å²) in [5.41, 5.74) is 2.60. The molecule has 0 N–H and O–H groups in total. The lowest BCUT2D eigenvalue weighted by molar-refractivity contribution is 0.171. The first-order valence-electron chi connectivity index (χ1n) is 9.51. The molecule has 1 aliphatic rings. The highest BCUT2D eigenvalue weighted by molar-refractivity contribution is 7.98. The van der Waals surface area contributed by atoms with E-state index in [-0.39, 0.29) is 5.82 Å². The van der Waals surface area contributed by atoms with Gasteiger partial charge in [-0.2, -0.15) is 0 Å². The third kappa shape index (κ3) is 4.08. The molecule has 0 spiro atoms. The van der Waals surface area contributed by atoms with Crippen LogP contribution in [-0.4, -0.2) is 33.0 Å². The minimum atomic E-state index is -0.303. The number of fused-ring (bicyclic) bond motifs is 1. The summed E-state index contributed by atoms with van der Waals surface area (Å²) < 4.78 is 26.7. The molecule has 0 saturated carbocycles. The van der Waals surface area contributed by atoms with E-state index >= 15 is 0 Å². The van der Waals surface area contributed by atoms with Gasteiger partial charge in [0.1, 0.15) is 19.0 Å². The third-order valence-corrected chi connectivity index (χ3v) is 5.96. The molecule has 6 nitrogen and oxygen atoms in total. The molecule has 31 heavy (non-hydrogen) atoms. The second kappa shape index (κ2) is 8.56. The molecule has 1 aliphatic heterocycles. The summed E-state index contributed by atoms with van der Waals surface area (Å²) in [5, 5.41) is 9.96. The summed E-state index contributed by atoms with van der Waals surface area (Å²) in [5.74, 6) is 2.16. The Morgan fingerprint density at radius 2 is 1.77 bits per heavy atom. The SMILES string of the molecule is Fc1ccc(-n2c(SCc3cc(Cl)c4c(c3)OCCO4)nnc2-c2ccncc2)cc1. The number of nitrogens with zero attached hydrogens (tertiary/aromatic N) is 4. The molecule has 2 aromatic heterocycles. The maximum Gasteiger partial charge on any atom is 0.196 e. The van der Waals surface area contributed by atoms with Crippen LogP contribution in [0.25, 0.3) is 17.1 Å². The van der Waals surface area contributed by atoms with Crippen molar-refractivity contribution in [2.45, 2.75) is 10.9 Å². The normalized spacial score (nSPS) is 12.7. The van der Waals surface area contributed by atoms with Crippen LogP contribution in [0, 0.1) is 5.82 Å². The lowest BCUT2D eigenvalue weighted by atomic mass is 10.2. The van der Waals surface area contributed by atoms with Gasteiger partial charge in [-0.25, -0.2) is 4.39 Å². The summed E-state index contributed by atoms with van der Waals surface area (Å²) >= 11 is 7.87. The van der Waals surface area contributed by atoms with E-state index < -0.39 is 0 Å². The van der Waals surface area contributed by atoms with Crippen molar-refractivity contribution < 1.29 is 13.9 Å². The van der Waals surface area contributed by atoms with Crippen LogP contribution in [-0.2, 0) is 5.75 Å². The van der Waals surface area contributed by atoms with Crippen molar-refractivity contribution in [2.24, 2.45) is 0 Å². The van der Waals surface area contributed by atoms with Crippen molar-refractivity contribution in [3.8, 4) is 28.6 Å². The highest BCUT2D eigenvalue weighted by Gasteiger charge is 2.19. The molecule has 0 saturated heterocycles. The zero-order valence-electron chi connectivity index (χ0n) is 16.2. The Morgan fingerprint density at radius 1 is 1.00 bits per heavy atom. The molecule has 3 heterocycles. The zero-order valence-corrected chi connectivity index (χ0v) is 17.7. The van der Waals surface area contributed by atoms with Gasteiger partial charge in [-0.05, 0) is 54.1 Å². The minimum absolute atomic E-state index is 0.303. The van der Waals surface area contributed by atoms with Crippen molar-refractivity contribution >= 4 is 23.4 Å². The minimum Gasteiger partial charge on any atom is -0.486 e. The van der Waals surface area contributed by atoms with Gasteiger partial charge in [-0.3, -0.25) is 9.55 Å². The topological polar surface area (TPSA) is 62.1 Å². The van der Waals surface area contributed by atoms with Crippen LogP contribution >= 0.6 is 23.4 Å². The molecule has 0 bridgehead atoms. The Balaban J connectivity index is 1.49. The molecule has 156 valence electrons. The van der Waals surface area contributed by atoms with E-state index in [1.54, 1.807) is 24.5 Å². The van der Waals surface area contributed by atoms with E-state index in [1.165, 1.54) is 23.9 Å². The molecular formula is C22H16ClFN4O2S. The van der Waals surface area contributed by atoms with Gasteiger partial charge >= 0.3 is 0 Å². The average molecular weight is 455 g/mol. The van der Waals surface area contributed by atoms with Crippen LogP contribution in [0.5, 0.6) is 11.5 Å². The summed E-state index contributed by atoms with van der Waals surface area (Å²) in [6, 6.07) is 13.8. The number of benzene rings is 2. The second-order valence-electron chi connectivity index (χ2n) is 6.74. The fraction of sp³-hybridized carbons (Fsp3) is 0.136. The Kier molecular flexibility index (Phi) is 5.48. The smallest absolute Gasteiger partial charge is 0.196 e. The Hall–Kier alpha value is -3.10. The second-order valence-corrected chi connectivity index (χ2v) is 8.09. The van der Waals surface area contributed by atoms with Crippen molar-refractivity contribution in [2.75, 3.05) is 13.2 Å². The number of ether oxygens (including phenoxy) is 2. The largest absolute Gasteiger partial charge is 0.486 e. The van der Waals surface area contributed by atoms with Gasteiger partial charge in [-0.1, -0.05) is 23.4 Å². The maximum absolute atomic E-state index is 13.5. The highest BCUT2D eigenvalue weighted by atomic mass is 35.5. The van der Waals surface area contributed by atoms with Crippen molar-refractivity contribution in [3.63, 3.8) is 0 Å². The van der Waals surface area contributed by atoms with Crippen molar-refractivity contribution in [3.05, 3.63) is 77.3 Å². The third-order valence-electron chi connectivity index (χ3n) is 4.68. The number of rotatable bonds is 5. The lowest BCUT2D eigenvalue weighted by Gasteiger charge is -2.20. The molecule has 2 aromatic carbocycles. The standard InChI is InChI=1S/C22H16ClFN4O2S/c23-18-11-14(12-19-20(18)30-10-9-29-19)13-31-22-27-26-21(15-5-7-25-8-6-15)28(22)17-3-1-16(24)2-4-17/h1-8,11-12H,9-10,13H2. The van der Waals surface area contributed by atoms with E-state index in [9.17, 15) is 4.39 Å². The molecule has 0 fully saturated rings. The lowest BCUT2D eigenvalue weighted by Crippen LogP contribution is -2.15. The van der Waals surface area contributed by atoms with E-state index in [1.807, 2.05) is 28.8 Å². The van der Waals surface area contributed by atoms with Gasteiger partial charge in [0.15, 0.2) is 22.5 Å². The predicted octanol–water partition coefficient (Wildman–Crippen LogP) is 5.19. The first-order valence-corrected chi connectivity index (χ1v) is 10.9. The van der Waals surface area contributed by atoms with Crippen molar-refractivity contribution in [1.82, 2.24) is 19.7 Å².